The fourth-order valence-electron chi connectivity index (χ4n) is 3.07. The topological polar surface area (TPSA) is 60.9 Å². The molecule has 1 aliphatic heterocycles. The number of rotatable bonds is 7. The summed E-state index contributed by atoms with van der Waals surface area (Å²) in [6, 6.07) is 13.6. The number of benzene rings is 2. The van der Waals surface area contributed by atoms with Crippen molar-refractivity contribution in [3.05, 3.63) is 59.1 Å². The Morgan fingerprint density at radius 3 is 2.76 bits per heavy atom. The van der Waals surface area contributed by atoms with E-state index in [0.717, 1.165) is 39.1 Å². The predicted octanol–water partition coefficient (Wildman–Crippen LogP) is 4.14. The summed E-state index contributed by atoms with van der Waals surface area (Å²) < 4.78 is 16.2. The number of thiazole rings is 1. The Hall–Kier alpha value is -3.06. The van der Waals surface area contributed by atoms with Crippen molar-refractivity contribution in [3.63, 3.8) is 0 Å². The molecule has 29 heavy (non-hydrogen) atoms. The third-order valence-electron chi connectivity index (χ3n) is 4.58. The fraction of sp³-hybridized carbons (Fsp3) is 0.273. The molecule has 0 bridgehead atoms. The largest absolute Gasteiger partial charge is 0.494 e. The molecule has 0 spiro atoms. The van der Waals surface area contributed by atoms with E-state index < -0.39 is 0 Å². The van der Waals surface area contributed by atoms with Crippen LogP contribution in [0.1, 0.15) is 18.2 Å². The third kappa shape index (κ3) is 4.51. The Morgan fingerprint density at radius 1 is 1.17 bits per heavy atom. The van der Waals surface area contributed by atoms with E-state index in [1.54, 1.807) is 11.9 Å². The second kappa shape index (κ2) is 8.53. The molecular weight excluding hydrogens is 388 g/mol. The van der Waals surface area contributed by atoms with Gasteiger partial charge in [0.25, 0.3) is 0 Å². The van der Waals surface area contributed by atoms with Gasteiger partial charge < -0.3 is 19.1 Å². The number of hydrogen-bond donors (Lipinski definition) is 0. The molecule has 1 aromatic heterocycles. The Bertz CT molecular complexity index is 1000. The number of carbonyl (C=O) groups is 1. The standard InChI is InChI=1S/C22H22N2O4S/c1-3-26-18-7-5-16(6-8-18)22-23-17(13-29-22)11-21(25)24(2)12-15-4-9-19-20(10-15)28-14-27-19/h4-10,13H,3,11-12,14H2,1-2H3. The Kier molecular flexibility index (Phi) is 5.67. The van der Waals surface area contributed by atoms with Gasteiger partial charge in [-0.25, -0.2) is 4.98 Å². The molecule has 1 amide bonds. The summed E-state index contributed by atoms with van der Waals surface area (Å²) in [6.07, 6.45) is 0.272. The highest BCUT2D eigenvalue weighted by molar-refractivity contribution is 7.13. The Balaban J connectivity index is 1.37. The van der Waals surface area contributed by atoms with Crippen LogP contribution >= 0.6 is 11.3 Å². The number of nitrogens with zero attached hydrogens (tertiary/aromatic N) is 2. The molecule has 0 saturated heterocycles. The van der Waals surface area contributed by atoms with Gasteiger partial charge in [0.15, 0.2) is 11.5 Å². The molecule has 6 nitrogen and oxygen atoms in total. The summed E-state index contributed by atoms with van der Waals surface area (Å²) in [5, 5.41) is 2.84. The van der Waals surface area contributed by atoms with Crippen LogP contribution in [0.3, 0.4) is 0 Å². The van der Waals surface area contributed by atoms with Crippen molar-refractivity contribution >= 4 is 17.2 Å². The first-order valence-electron chi connectivity index (χ1n) is 9.42. The van der Waals surface area contributed by atoms with Crippen molar-refractivity contribution in [1.82, 2.24) is 9.88 Å². The lowest BCUT2D eigenvalue weighted by molar-refractivity contribution is -0.129. The highest BCUT2D eigenvalue weighted by Gasteiger charge is 2.16. The van der Waals surface area contributed by atoms with Gasteiger partial charge in [-0.1, -0.05) is 6.07 Å². The van der Waals surface area contributed by atoms with Gasteiger partial charge in [-0.15, -0.1) is 11.3 Å². The van der Waals surface area contributed by atoms with Crippen LogP contribution in [0.25, 0.3) is 10.6 Å². The first-order valence-corrected chi connectivity index (χ1v) is 10.3. The minimum Gasteiger partial charge on any atom is -0.494 e. The molecule has 0 N–H and O–H groups in total. The molecule has 0 radical (unpaired) electrons. The molecule has 2 heterocycles. The number of hydrogen-bond acceptors (Lipinski definition) is 6. The first kappa shape index (κ1) is 19.3. The zero-order valence-electron chi connectivity index (χ0n) is 16.4. The van der Waals surface area contributed by atoms with Gasteiger partial charge in [-0.2, -0.15) is 0 Å². The number of aromatic nitrogens is 1. The van der Waals surface area contributed by atoms with Gasteiger partial charge in [0.2, 0.25) is 12.7 Å². The second-order valence-corrected chi connectivity index (χ2v) is 7.57. The van der Waals surface area contributed by atoms with Crippen molar-refractivity contribution < 1.29 is 19.0 Å². The number of fused-ring (bicyclic) bond motifs is 1. The molecule has 0 atom stereocenters. The minimum absolute atomic E-state index is 0.0196. The van der Waals surface area contributed by atoms with E-state index in [1.807, 2.05) is 54.8 Å². The second-order valence-electron chi connectivity index (χ2n) is 6.72. The van der Waals surface area contributed by atoms with E-state index in [1.165, 1.54) is 11.3 Å². The van der Waals surface area contributed by atoms with E-state index in [2.05, 4.69) is 4.98 Å². The Labute approximate surface area is 173 Å². The monoisotopic (exact) mass is 410 g/mol. The predicted molar refractivity (Wildman–Crippen MR) is 111 cm³/mol. The van der Waals surface area contributed by atoms with Gasteiger partial charge in [-0.05, 0) is 48.9 Å². The Morgan fingerprint density at radius 2 is 1.97 bits per heavy atom. The highest BCUT2D eigenvalue weighted by atomic mass is 32.1. The molecule has 7 heteroatoms. The van der Waals surface area contributed by atoms with Crippen LogP contribution in [0.5, 0.6) is 17.2 Å². The molecule has 0 fully saturated rings. The van der Waals surface area contributed by atoms with Crippen LogP contribution in [0.4, 0.5) is 0 Å². The van der Waals surface area contributed by atoms with Gasteiger partial charge >= 0.3 is 0 Å². The zero-order valence-corrected chi connectivity index (χ0v) is 17.2. The average Bonchev–Trinajstić information content (AvgIpc) is 3.38. The third-order valence-corrected chi connectivity index (χ3v) is 5.52. The van der Waals surface area contributed by atoms with Gasteiger partial charge in [-0.3, -0.25) is 4.79 Å². The lowest BCUT2D eigenvalue weighted by atomic mass is 10.2. The first-order chi connectivity index (χ1) is 14.1. The van der Waals surface area contributed by atoms with Crippen molar-refractivity contribution in [2.45, 2.75) is 19.9 Å². The summed E-state index contributed by atoms with van der Waals surface area (Å²) in [5.41, 5.74) is 2.80. The van der Waals surface area contributed by atoms with Crippen molar-refractivity contribution in [3.8, 4) is 27.8 Å². The van der Waals surface area contributed by atoms with Crippen LogP contribution in [-0.4, -0.2) is 36.2 Å². The van der Waals surface area contributed by atoms with Crippen LogP contribution in [0.2, 0.25) is 0 Å². The van der Waals surface area contributed by atoms with Crippen LogP contribution in [-0.2, 0) is 17.8 Å². The van der Waals surface area contributed by atoms with Gasteiger partial charge in [0.05, 0.1) is 18.7 Å². The van der Waals surface area contributed by atoms with E-state index in [0.29, 0.717) is 13.2 Å². The molecule has 150 valence electrons. The molecule has 0 unspecified atom stereocenters. The van der Waals surface area contributed by atoms with Crippen molar-refractivity contribution in [2.75, 3.05) is 20.4 Å². The molecule has 4 rings (SSSR count). The number of carbonyl (C=O) groups excluding carboxylic acids is 1. The van der Waals surface area contributed by atoms with Crippen LogP contribution in [0, 0.1) is 0 Å². The average molecular weight is 410 g/mol. The minimum atomic E-state index is 0.0196. The number of ether oxygens (including phenoxy) is 3. The zero-order chi connectivity index (χ0) is 20.2. The molecular formula is C22H22N2O4S. The molecule has 0 aliphatic carbocycles. The lowest BCUT2D eigenvalue weighted by Gasteiger charge is -2.17. The summed E-state index contributed by atoms with van der Waals surface area (Å²) in [6.45, 7) is 3.35. The maximum absolute atomic E-state index is 12.6. The maximum atomic E-state index is 12.6. The van der Waals surface area contributed by atoms with Gasteiger partial charge in [0, 0.05) is 24.5 Å². The SMILES string of the molecule is CCOc1ccc(-c2nc(CC(=O)N(C)Cc3ccc4c(c3)OCO4)cs2)cc1. The summed E-state index contributed by atoms with van der Waals surface area (Å²) in [4.78, 5) is 19.0. The van der Waals surface area contributed by atoms with Gasteiger partial charge in [0.1, 0.15) is 10.8 Å². The molecule has 2 aromatic carbocycles. The van der Waals surface area contributed by atoms with Crippen LogP contribution in [0.15, 0.2) is 47.8 Å². The summed E-state index contributed by atoms with van der Waals surface area (Å²) in [7, 11) is 1.80. The van der Waals surface area contributed by atoms with E-state index in [4.69, 9.17) is 14.2 Å². The number of amides is 1. The van der Waals surface area contributed by atoms with E-state index >= 15 is 0 Å². The summed E-state index contributed by atoms with van der Waals surface area (Å²) >= 11 is 1.54. The highest BCUT2D eigenvalue weighted by Crippen LogP contribution is 2.33. The van der Waals surface area contributed by atoms with E-state index in [9.17, 15) is 4.79 Å². The molecule has 0 saturated carbocycles. The van der Waals surface area contributed by atoms with Crippen LogP contribution < -0.4 is 14.2 Å². The molecule has 1 aliphatic rings. The summed E-state index contributed by atoms with van der Waals surface area (Å²) in [5.74, 6) is 2.33. The molecule has 3 aromatic rings. The fourth-order valence-corrected chi connectivity index (χ4v) is 3.90. The normalized spacial score (nSPS) is 12.1. The maximum Gasteiger partial charge on any atom is 0.231 e. The lowest BCUT2D eigenvalue weighted by Crippen LogP contribution is -2.27. The smallest absolute Gasteiger partial charge is 0.231 e. The van der Waals surface area contributed by atoms with E-state index in [-0.39, 0.29) is 19.1 Å². The quantitative estimate of drug-likeness (QED) is 0.586. The van der Waals surface area contributed by atoms with Crippen molar-refractivity contribution in [1.29, 1.82) is 0 Å². The van der Waals surface area contributed by atoms with Crippen molar-refractivity contribution in [2.24, 2.45) is 0 Å². The number of likely N-dealkylation sites (N-methyl/N-ethyl adjacent to an activating group) is 1.